The van der Waals surface area contributed by atoms with Crippen LogP contribution in [0.4, 0.5) is 26.7 Å². The van der Waals surface area contributed by atoms with E-state index in [1.807, 2.05) is 123 Å². The number of carbonyl (C=O) groups excluding carboxylic acids is 2. The van der Waals surface area contributed by atoms with E-state index >= 15 is 0 Å². The molecule has 2 saturated heterocycles. The minimum atomic E-state index is -1.15. The molecule has 0 saturated carbocycles. The lowest BCUT2D eigenvalue weighted by atomic mass is 10.0. The number of aromatic nitrogens is 2. The highest BCUT2D eigenvalue weighted by molar-refractivity contribution is 9.11. The standard InChI is InChI=1S/C22H34BrN3O3Si.C17H21BrN2O2.C6H7BrN2.3C2H6/c1-22(2,3)29-21(27)25-11-7-8-19(25)20-24-17-14-16(23)9-10-18(17)26(20)15-28-12-13-30(4,5)6;1-17(2,3)22-16(21)20-8-4-5-15(20)14-9-11-6-7-12(18)10-13(11)19-14;7-4-1-2-5(8)6(9)3-4;3*1-2/h9-10,14,19H,7-8,11-13,15H2,1-6H3;6-7,10,15H,4-5,8-9H2,1-3H3;1-3H,8-9H2;3*1-2H3/t;15-;;;;/m.0..../s1. The monoisotopic (exact) mass is 1140 g/mol. The number of imidazole rings is 1. The molecule has 4 N–H and O–H groups in total. The second-order valence-corrected chi connectivity index (χ2v) is 27.2. The molecule has 7 rings (SSSR count). The number of nitrogens with two attached hydrogens (primary N) is 2. The Balaban J connectivity index is 0.000000363. The third-order valence-corrected chi connectivity index (χ3v) is 13.3. The van der Waals surface area contributed by atoms with Gasteiger partial charge in [-0.1, -0.05) is 115 Å². The number of fused-ring (bicyclic) bond motifs is 2. The van der Waals surface area contributed by atoms with Gasteiger partial charge in [0.1, 0.15) is 23.8 Å². The number of anilines is 2. The Morgan fingerprint density at radius 3 is 1.76 bits per heavy atom. The van der Waals surface area contributed by atoms with Crippen molar-refractivity contribution in [2.75, 3.05) is 31.2 Å². The molecule has 0 aliphatic carbocycles. The van der Waals surface area contributed by atoms with E-state index in [0.717, 1.165) is 93.0 Å². The number of aliphatic imine (C=N–C) groups is 1. The number of nitrogens with zero attached hydrogens (tertiary/aromatic N) is 5. The Bertz CT molecular complexity index is 2220. The molecule has 0 bridgehead atoms. The molecule has 16 heteroatoms. The second-order valence-electron chi connectivity index (χ2n) is 18.9. The fraction of sp³-hybridized carbons (Fsp3) is 0.569. The van der Waals surface area contributed by atoms with Crippen molar-refractivity contribution in [2.24, 2.45) is 4.99 Å². The molecule has 1 unspecified atom stereocenters. The van der Waals surface area contributed by atoms with Gasteiger partial charge in [-0.05, 0) is 127 Å². The minimum Gasteiger partial charge on any atom is -0.444 e. The summed E-state index contributed by atoms with van der Waals surface area (Å²) in [5.74, 6) is 0.875. The fourth-order valence-electron chi connectivity index (χ4n) is 7.19. The predicted octanol–water partition coefficient (Wildman–Crippen LogP) is 15.4. The molecule has 1 aromatic heterocycles. The van der Waals surface area contributed by atoms with Crippen molar-refractivity contribution in [3.05, 3.63) is 79.4 Å². The molecule has 374 valence electrons. The molecule has 0 spiro atoms. The summed E-state index contributed by atoms with van der Waals surface area (Å²) in [6.07, 6.45) is 4.11. The van der Waals surface area contributed by atoms with Crippen LogP contribution in [0.15, 0.2) is 73.0 Å². The van der Waals surface area contributed by atoms with Crippen molar-refractivity contribution in [1.82, 2.24) is 19.4 Å². The minimum absolute atomic E-state index is 0.0704. The Morgan fingerprint density at radius 1 is 0.716 bits per heavy atom. The number of likely N-dealkylation sites (tertiary alicyclic amines) is 2. The Kier molecular flexibility index (Phi) is 24.6. The molecule has 12 nitrogen and oxygen atoms in total. The predicted molar refractivity (Wildman–Crippen MR) is 294 cm³/mol. The van der Waals surface area contributed by atoms with Crippen LogP contribution in [0.5, 0.6) is 0 Å². The number of hydrogen-bond acceptors (Lipinski definition) is 9. The van der Waals surface area contributed by atoms with Crippen molar-refractivity contribution >= 4 is 102 Å². The second kappa shape index (κ2) is 27.7. The van der Waals surface area contributed by atoms with Crippen LogP contribution in [0.3, 0.4) is 0 Å². The highest BCUT2D eigenvalue weighted by Crippen LogP contribution is 2.36. The van der Waals surface area contributed by atoms with E-state index in [9.17, 15) is 9.59 Å². The number of ether oxygens (including phenoxy) is 3. The molecule has 3 aliphatic heterocycles. The van der Waals surface area contributed by atoms with E-state index in [-0.39, 0.29) is 24.3 Å². The Morgan fingerprint density at radius 2 is 1.22 bits per heavy atom. The summed E-state index contributed by atoms with van der Waals surface area (Å²) in [5.41, 5.74) is 16.4. The van der Waals surface area contributed by atoms with Crippen molar-refractivity contribution in [3.63, 3.8) is 0 Å². The largest absolute Gasteiger partial charge is 0.444 e. The van der Waals surface area contributed by atoms with E-state index in [1.165, 1.54) is 5.56 Å². The van der Waals surface area contributed by atoms with Gasteiger partial charge in [0, 0.05) is 53.3 Å². The number of hydrogen-bond donors (Lipinski definition) is 2. The topological polar surface area (TPSA) is 151 Å². The van der Waals surface area contributed by atoms with E-state index in [4.69, 9.17) is 35.7 Å². The van der Waals surface area contributed by atoms with Crippen LogP contribution in [0.1, 0.15) is 126 Å². The van der Waals surface area contributed by atoms with E-state index < -0.39 is 19.3 Å². The quantitative estimate of drug-likeness (QED) is 0.105. The lowest BCUT2D eigenvalue weighted by molar-refractivity contribution is 0.0203. The van der Waals surface area contributed by atoms with Crippen molar-refractivity contribution in [2.45, 2.75) is 171 Å². The number of benzene rings is 3. The lowest BCUT2D eigenvalue weighted by Crippen LogP contribution is -2.43. The van der Waals surface area contributed by atoms with Gasteiger partial charge in [0.15, 0.2) is 0 Å². The van der Waals surface area contributed by atoms with Gasteiger partial charge in [0.2, 0.25) is 0 Å². The number of rotatable bonds is 7. The summed E-state index contributed by atoms with van der Waals surface area (Å²) in [7, 11) is -1.15. The molecular weight excluding hydrogens is 1060 g/mol. The van der Waals surface area contributed by atoms with E-state index in [2.05, 4.69) is 84.1 Å². The SMILES string of the molecule is CC.CC.CC.CC(C)(C)OC(=O)N1CCCC1c1nc2cc(Br)ccc2n1COCC[Si](C)(C)C.CC(C)(C)OC(=O)N1CCC[C@H]1C1=Nc2cc(Br)ccc2C1.Nc1ccc(Br)cc1N. The van der Waals surface area contributed by atoms with Crippen LogP contribution in [-0.2, 0) is 27.4 Å². The van der Waals surface area contributed by atoms with Crippen molar-refractivity contribution < 1.29 is 23.8 Å². The van der Waals surface area contributed by atoms with Gasteiger partial charge < -0.3 is 30.2 Å². The first-order valence-electron chi connectivity index (χ1n) is 23.9. The molecule has 3 aliphatic rings. The van der Waals surface area contributed by atoms with Gasteiger partial charge in [0.25, 0.3) is 0 Å². The van der Waals surface area contributed by atoms with Crippen LogP contribution < -0.4 is 11.5 Å². The normalized spacial score (nSPS) is 16.3. The maximum atomic E-state index is 12.8. The van der Waals surface area contributed by atoms with Gasteiger partial charge >= 0.3 is 12.2 Å². The zero-order chi connectivity index (χ0) is 50.9. The van der Waals surface area contributed by atoms with Gasteiger partial charge in [-0.25, -0.2) is 14.6 Å². The van der Waals surface area contributed by atoms with Crippen molar-refractivity contribution in [1.29, 1.82) is 0 Å². The van der Waals surface area contributed by atoms with Gasteiger partial charge in [-0.2, -0.15) is 0 Å². The van der Waals surface area contributed by atoms with E-state index in [0.29, 0.717) is 24.7 Å². The molecular formula is C51H80Br3N7O5Si. The van der Waals surface area contributed by atoms with Crippen LogP contribution >= 0.6 is 47.8 Å². The average molecular weight is 1140 g/mol. The number of nitrogen functional groups attached to an aromatic ring is 2. The molecule has 67 heavy (non-hydrogen) atoms. The molecule has 4 aromatic rings. The summed E-state index contributed by atoms with van der Waals surface area (Å²) in [5, 5.41) is 0. The Labute approximate surface area is 428 Å². The summed E-state index contributed by atoms with van der Waals surface area (Å²) >= 11 is 10.3. The summed E-state index contributed by atoms with van der Waals surface area (Å²) in [6.45, 7) is 33.1. The molecule has 3 aromatic carbocycles. The average Bonchev–Trinajstić information content (AvgIpc) is 4.08. The van der Waals surface area contributed by atoms with Gasteiger partial charge in [-0.15, -0.1) is 0 Å². The van der Waals surface area contributed by atoms with Gasteiger partial charge in [-0.3, -0.25) is 14.8 Å². The molecule has 2 fully saturated rings. The molecule has 2 amide bonds. The fourth-order valence-corrected chi connectivity index (χ4v) is 9.02. The maximum Gasteiger partial charge on any atom is 0.410 e. The molecule has 2 atom stereocenters. The van der Waals surface area contributed by atoms with Crippen LogP contribution in [0.25, 0.3) is 11.0 Å². The third-order valence-electron chi connectivity index (χ3n) is 10.1. The zero-order valence-corrected chi connectivity index (χ0v) is 48.7. The molecule has 4 heterocycles. The summed E-state index contributed by atoms with van der Waals surface area (Å²) in [6, 6.07) is 18.7. The highest BCUT2D eigenvalue weighted by atomic mass is 79.9. The highest BCUT2D eigenvalue weighted by Gasteiger charge is 2.38. The number of halogens is 3. The summed E-state index contributed by atoms with van der Waals surface area (Å²) < 4.78 is 22.4. The third kappa shape index (κ3) is 19.1. The summed E-state index contributed by atoms with van der Waals surface area (Å²) in [4.78, 5) is 38.6. The van der Waals surface area contributed by atoms with Gasteiger partial charge in [0.05, 0.1) is 40.2 Å². The first kappa shape index (κ1) is 59.7. The number of carbonyl (C=O) groups is 2. The Hall–Kier alpha value is -3.44. The number of amides is 2. The zero-order valence-electron chi connectivity index (χ0n) is 43.0. The maximum absolute atomic E-state index is 12.8. The lowest BCUT2D eigenvalue weighted by Gasteiger charge is -2.28. The first-order valence-corrected chi connectivity index (χ1v) is 30.0. The molecule has 0 radical (unpaired) electrons. The van der Waals surface area contributed by atoms with Crippen LogP contribution in [-0.4, -0.2) is 82.3 Å². The van der Waals surface area contributed by atoms with Crippen LogP contribution in [0, 0.1) is 0 Å². The van der Waals surface area contributed by atoms with Crippen LogP contribution in [0.2, 0.25) is 25.7 Å². The smallest absolute Gasteiger partial charge is 0.410 e. The van der Waals surface area contributed by atoms with Crippen molar-refractivity contribution in [3.8, 4) is 0 Å². The van der Waals surface area contributed by atoms with E-state index in [1.54, 1.807) is 12.1 Å². The first-order chi connectivity index (χ1) is 31.5.